The lowest BCUT2D eigenvalue weighted by Gasteiger charge is -2.38. The fourth-order valence-corrected chi connectivity index (χ4v) is 3.23. The summed E-state index contributed by atoms with van der Waals surface area (Å²) in [5, 5.41) is 8.03. The Morgan fingerprint density at radius 1 is 1.27 bits per heavy atom. The Bertz CT molecular complexity index is 767. The number of rotatable bonds is 4. The minimum Gasteiger partial charge on any atom is -0.368 e. The van der Waals surface area contributed by atoms with Gasteiger partial charge in [0, 0.05) is 50.4 Å². The zero-order chi connectivity index (χ0) is 18.5. The Kier molecular flexibility index (Phi) is 5.98. The standard InChI is InChI=1S/C18H25ClN6O/c1-4-20-18(21-12-17-22-14(3)26-23-17)25-9-7-24(8-10-25)16-11-15(19)6-5-13(16)2/h5-6,11H,4,7-10,12H2,1-3H3,(H,20,21). The van der Waals surface area contributed by atoms with Gasteiger partial charge in [-0.25, -0.2) is 4.99 Å². The number of aliphatic imine (C=N–C) groups is 1. The number of anilines is 1. The van der Waals surface area contributed by atoms with Crippen LogP contribution in [0, 0.1) is 13.8 Å². The summed E-state index contributed by atoms with van der Waals surface area (Å²) in [5.74, 6) is 2.05. The molecule has 0 radical (unpaired) electrons. The molecule has 0 atom stereocenters. The molecule has 1 aliphatic heterocycles. The highest BCUT2D eigenvalue weighted by atomic mass is 35.5. The third kappa shape index (κ3) is 4.46. The molecule has 2 heterocycles. The van der Waals surface area contributed by atoms with Crippen molar-refractivity contribution in [1.82, 2.24) is 20.4 Å². The summed E-state index contributed by atoms with van der Waals surface area (Å²) < 4.78 is 5.00. The number of hydrogen-bond donors (Lipinski definition) is 1. The first-order valence-corrected chi connectivity index (χ1v) is 9.28. The molecule has 140 valence electrons. The number of guanidine groups is 1. The van der Waals surface area contributed by atoms with E-state index in [0.717, 1.165) is 43.7 Å². The van der Waals surface area contributed by atoms with Gasteiger partial charge in [-0.2, -0.15) is 4.98 Å². The smallest absolute Gasteiger partial charge is 0.223 e. The fraction of sp³-hybridized carbons (Fsp3) is 0.500. The number of hydrogen-bond acceptors (Lipinski definition) is 5. The van der Waals surface area contributed by atoms with Crippen LogP contribution in [-0.4, -0.2) is 53.7 Å². The van der Waals surface area contributed by atoms with Gasteiger partial charge < -0.3 is 19.6 Å². The van der Waals surface area contributed by atoms with Crippen LogP contribution in [0.2, 0.25) is 5.02 Å². The van der Waals surface area contributed by atoms with Crippen molar-refractivity contribution in [3.63, 3.8) is 0 Å². The highest BCUT2D eigenvalue weighted by molar-refractivity contribution is 6.30. The van der Waals surface area contributed by atoms with Crippen molar-refractivity contribution in [1.29, 1.82) is 0 Å². The second-order valence-electron chi connectivity index (χ2n) is 6.30. The van der Waals surface area contributed by atoms with E-state index in [4.69, 9.17) is 16.1 Å². The van der Waals surface area contributed by atoms with Crippen LogP contribution in [-0.2, 0) is 6.54 Å². The van der Waals surface area contributed by atoms with Crippen molar-refractivity contribution in [2.24, 2.45) is 4.99 Å². The summed E-state index contributed by atoms with van der Waals surface area (Å²) in [6.07, 6.45) is 0. The minimum atomic E-state index is 0.410. The SMILES string of the molecule is CCNC(=NCc1noc(C)n1)N1CCN(c2cc(Cl)ccc2C)CC1. The predicted octanol–water partition coefficient (Wildman–Crippen LogP) is 2.63. The van der Waals surface area contributed by atoms with Crippen molar-refractivity contribution in [3.05, 3.63) is 40.5 Å². The number of nitrogens with one attached hydrogen (secondary N) is 1. The molecule has 1 N–H and O–H groups in total. The third-order valence-corrected chi connectivity index (χ3v) is 4.60. The second-order valence-corrected chi connectivity index (χ2v) is 6.74. The number of aromatic nitrogens is 2. The topological polar surface area (TPSA) is 69.8 Å². The molecule has 3 rings (SSSR count). The summed E-state index contributed by atoms with van der Waals surface area (Å²) in [5.41, 5.74) is 2.46. The molecule has 0 amide bonds. The van der Waals surface area contributed by atoms with Crippen LogP contribution in [0.4, 0.5) is 5.69 Å². The minimum absolute atomic E-state index is 0.410. The van der Waals surface area contributed by atoms with E-state index < -0.39 is 0 Å². The Hall–Kier alpha value is -2.28. The zero-order valence-corrected chi connectivity index (χ0v) is 16.3. The quantitative estimate of drug-likeness (QED) is 0.653. The van der Waals surface area contributed by atoms with Gasteiger partial charge in [-0.15, -0.1) is 0 Å². The average molecular weight is 377 g/mol. The molecule has 0 spiro atoms. The zero-order valence-electron chi connectivity index (χ0n) is 15.5. The molecule has 8 heteroatoms. The lowest BCUT2D eigenvalue weighted by Crippen LogP contribution is -2.52. The maximum atomic E-state index is 6.17. The van der Waals surface area contributed by atoms with Gasteiger partial charge in [0.1, 0.15) is 6.54 Å². The largest absolute Gasteiger partial charge is 0.368 e. The van der Waals surface area contributed by atoms with E-state index >= 15 is 0 Å². The first kappa shape index (κ1) is 18.5. The fourth-order valence-electron chi connectivity index (χ4n) is 3.06. The van der Waals surface area contributed by atoms with E-state index in [2.05, 4.69) is 50.2 Å². The van der Waals surface area contributed by atoms with E-state index in [1.54, 1.807) is 6.92 Å². The number of aryl methyl sites for hydroxylation is 2. The Balaban J connectivity index is 1.65. The number of piperazine rings is 1. The maximum absolute atomic E-state index is 6.17. The number of benzene rings is 1. The van der Waals surface area contributed by atoms with Crippen LogP contribution in [0.5, 0.6) is 0 Å². The van der Waals surface area contributed by atoms with Crippen molar-refractivity contribution in [3.8, 4) is 0 Å². The molecule has 1 aromatic carbocycles. The van der Waals surface area contributed by atoms with Gasteiger partial charge in [0.05, 0.1) is 0 Å². The van der Waals surface area contributed by atoms with Crippen molar-refractivity contribution in [2.75, 3.05) is 37.6 Å². The van der Waals surface area contributed by atoms with Gasteiger partial charge >= 0.3 is 0 Å². The summed E-state index contributed by atoms with van der Waals surface area (Å²) in [7, 11) is 0. The van der Waals surface area contributed by atoms with Crippen molar-refractivity contribution in [2.45, 2.75) is 27.3 Å². The number of nitrogens with zero attached hydrogens (tertiary/aromatic N) is 5. The van der Waals surface area contributed by atoms with Crippen LogP contribution in [0.15, 0.2) is 27.7 Å². The Labute approximate surface area is 159 Å². The monoisotopic (exact) mass is 376 g/mol. The summed E-state index contributed by atoms with van der Waals surface area (Å²) in [4.78, 5) is 13.5. The Morgan fingerprint density at radius 2 is 2.04 bits per heavy atom. The first-order chi connectivity index (χ1) is 12.6. The van der Waals surface area contributed by atoms with E-state index in [0.29, 0.717) is 18.3 Å². The van der Waals surface area contributed by atoms with E-state index in [1.165, 1.54) is 11.3 Å². The molecule has 0 bridgehead atoms. The summed E-state index contributed by atoms with van der Waals surface area (Å²) in [6.45, 7) is 10.8. The highest BCUT2D eigenvalue weighted by Crippen LogP contribution is 2.25. The molecule has 0 saturated carbocycles. The third-order valence-electron chi connectivity index (χ3n) is 4.37. The predicted molar refractivity (Wildman–Crippen MR) is 104 cm³/mol. The molecular formula is C18H25ClN6O. The highest BCUT2D eigenvalue weighted by Gasteiger charge is 2.21. The molecule has 1 aliphatic rings. The average Bonchev–Trinajstić information content (AvgIpc) is 3.06. The molecule has 1 aromatic heterocycles. The van der Waals surface area contributed by atoms with E-state index in [1.807, 2.05) is 12.1 Å². The van der Waals surface area contributed by atoms with Crippen LogP contribution in [0.25, 0.3) is 0 Å². The number of halogens is 1. The first-order valence-electron chi connectivity index (χ1n) is 8.90. The molecule has 1 fully saturated rings. The summed E-state index contributed by atoms with van der Waals surface area (Å²) >= 11 is 6.17. The molecule has 26 heavy (non-hydrogen) atoms. The lowest BCUT2D eigenvalue weighted by molar-refractivity contribution is 0.371. The van der Waals surface area contributed by atoms with E-state index in [9.17, 15) is 0 Å². The molecule has 7 nitrogen and oxygen atoms in total. The van der Waals surface area contributed by atoms with Gasteiger partial charge in [0.2, 0.25) is 5.89 Å². The molecule has 1 saturated heterocycles. The van der Waals surface area contributed by atoms with Crippen LogP contribution < -0.4 is 10.2 Å². The lowest BCUT2D eigenvalue weighted by atomic mass is 10.1. The van der Waals surface area contributed by atoms with Crippen molar-refractivity contribution >= 4 is 23.2 Å². The molecule has 0 unspecified atom stereocenters. The molecule has 2 aromatic rings. The van der Waals surface area contributed by atoms with Crippen LogP contribution in [0.1, 0.15) is 24.2 Å². The van der Waals surface area contributed by atoms with Crippen molar-refractivity contribution < 1.29 is 4.52 Å². The van der Waals surface area contributed by atoms with Gasteiger partial charge in [0.25, 0.3) is 0 Å². The van der Waals surface area contributed by atoms with Gasteiger partial charge in [-0.05, 0) is 31.5 Å². The van der Waals surface area contributed by atoms with Gasteiger partial charge in [0.15, 0.2) is 11.8 Å². The van der Waals surface area contributed by atoms with Crippen LogP contribution in [0.3, 0.4) is 0 Å². The normalized spacial score (nSPS) is 15.5. The Morgan fingerprint density at radius 3 is 2.69 bits per heavy atom. The molecular weight excluding hydrogens is 352 g/mol. The van der Waals surface area contributed by atoms with Crippen LogP contribution >= 0.6 is 11.6 Å². The second kappa shape index (κ2) is 8.40. The van der Waals surface area contributed by atoms with Gasteiger partial charge in [-0.3, -0.25) is 0 Å². The maximum Gasteiger partial charge on any atom is 0.223 e. The van der Waals surface area contributed by atoms with Gasteiger partial charge in [-0.1, -0.05) is 22.8 Å². The summed E-state index contributed by atoms with van der Waals surface area (Å²) in [6, 6.07) is 6.05. The van der Waals surface area contributed by atoms with E-state index in [-0.39, 0.29) is 0 Å². The molecule has 0 aliphatic carbocycles.